The molecule has 0 unspecified atom stereocenters. The molecular weight excluding hydrogens is 420 g/mol. The van der Waals surface area contributed by atoms with Crippen LogP contribution in [0.15, 0.2) is 66.0 Å². The second-order valence-electron chi connectivity index (χ2n) is 8.63. The van der Waals surface area contributed by atoms with E-state index in [2.05, 4.69) is 10.3 Å². The van der Waals surface area contributed by atoms with Gasteiger partial charge in [0.2, 0.25) is 0 Å². The van der Waals surface area contributed by atoms with E-state index < -0.39 is 23.6 Å². The summed E-state index contributed by atoms with van der Waals surface area (Å²) in [5, 5.41) is 10.9. The number of ether oxygens (including phenoxy) is 1. The Morgan fingerprint density at radius 3 is 2.48 bits per heavy atom. The zero-order valence-corrected chi connectivity index (χ0v) is 19.3. The lowest BCUT2D eigenvalue weighted by Crippen LogP contribution is -2.47. The van der Waals surface area contributed by atoms with Crippen molar-refractivity contribution in [2.24, 2.45) is 5.73 Å². The monoisotopic (exact) mass is 450 g/mol. The fourth-order valence-corrected chi connectivity index (χ4v) is 3.61. The largest absolute Gasteiger partial charge is 0.440 e. The van der Waals surface area contributed by atoms with Gasteiger partial charge in [-0.05, 0) is 45.6 Å². The standard InChI is InChI=1S/C24H30N6O3/c1-24(2)20(25)17(21(26)28-22(31)18-12-8-9-13-27-18)14-30(24)23(32)33-19(15-29(3)4)16-10-6-5-7-11-16/h5-13,19H,14-15,25H2,1-4H3,(H2,26,28,31)/t19-/m1/s1. The van der Waals surface area contributed by atoms with Crippen molar-refractivity contribution < 1.29 is 14.3 Å². The predicted octanol–water partition coefficient (Wildman–Crippen LogP) is 2.54. The van der Waals surface area contributed by atoms with Crippen LogP contribution in [0.4, 0.5) is 4.79 Å². The number of carbonyl (C=O) groups is 2. The van der Waals surface area contributed by atoms with E-state index in [0.29, 0.717) is 17.8 Å². The molecule has 2 aromatic rings. The lowest BCUT2D eigenvalue weighted by Gasteiger charge is -2.34. The van der Waals surface area contributed by atoms with Crippen LogP contribution in [0.1, 0.15) is 36.0 Å². The van der Waals surface area contributed by atoms with Crippen LogP contribution in [0.2, 0.25) is 0 Å². The molecule has 3 rings (SSSR count). The molecule has 1 aromatic heterocycles. The second-order valence-corrected chi connectivity index (χ2v) is 8.63. The van der Waals surface area contributed by atoms with Crippen molar-refractivity contribution >= 4 is 17.8 Å². The molecule has 1 aromatic carbocycles. The van der Waals surface area contributed by atoms with Crippen LogP contribution in [0.25, 0.3) is 0 Å². The average molecular weight is 451 g/mol. The number of amides is 2. The van der Waals surface area contributed by atoms with Crippen LogP contribution >= 0.6 is 0 Å². The quantitative estimate of drug-likeness (QED) is 0.459. The molecule has 0 bridgehead atoms. The Kier molecular flexibility index (Phi) is 7.13. The molecule has 33 heavy (non-hydrogen) atoms. The molecule has 0 aliphatic carbocycles. The molecule has 2 heterocycles. The van der Waals surface area contributed by atoms with E-state index in [1.54, 1.807) is 32.0 Å². The zero-order valence-electron chi connectivity index (χ0n) is 19.3. The lowest BCUT2D eigenvalue weighted by atomic mass is 10.0. The van der Waals surface area contributed by atoms with Gasteiger partial charge >= 0.3 is 6.09 Å². The fraction of sp³-hybridized carbons (Fsp3) is 0.333. The van der Waals surface area contributed by atoms with E-state index >= 15 is 0 Å². The van der Waals surface area contributed by atoms with Gasteiger partial charge in [0.15, 0.2) is 0 Å². The van der Waals surface area contributed by atoms with Crippen molar-refractivity contribution in [3.05, 3.63) is 77.3 Å². The molecule has 4 N–H and O–H groups in total. The highest BCUT2D eigenvalue weighted by molar-refractivity contribution is 6.11. The van der Waals surface area contributed by atoms with Crippen molar-refractivity contribution in [1.82, 2.24) is 20.1 Å². The Hall–Kier alpha value is -3.72. The zero-order chi connectivity index (χ0) is 24.2. The van der Waals surface area contributed by atoms with E-state index in [-0.39, 0.29) is 18.1 Å². The summed E-state index contributed by atoms with van der Waals surface area (Å²) in [6, 6.07) is 14.5. The maximum Gasteiger partial charge on any atom is 0.411 e. The van der Waals surface area contributed by atoms with E-state index in [0.717, 1.165) is 5.56 Å². The summed E-state index contributed by atoms with van der Waals surface area (Å²) in [5.41, 5.74) is 7.20. The first-order valence-electron chi connectivity index (χ1n) is 10.6. The summed E-state index contributed by atoms with van der Waals surface area (Å²) in [5.74, 6) is -0.686. The molecule has 9 nitrogen and oxygen atoms in total. The first kappa shape index (κ1) is 23.9. The Labute approximate surface area is 193 Å². The Balaban J connectivity index is 1.75. The average Bonchev–Trinajstić information content (AvgIpc) is 3.03. The van der Waals surface area contributed by atoms with Crippen LogP contribution < -0.4 is 11.1 Å². The van der Waals surface area contributed by atoms with Crippen molar-refractivity contribution in [2.45, 2.75) is 25.5 Å². The maximum atomic E-state index is 13.2. The number of benzene rings is 1. The van der Waals surface area contributed by atoms with Gasteiger partial charge in [-0.2, -0.15) is 0 Å². The molecule has 0 saturated heterocycles. The molecule has 1 aliphatic rings. The molecule has 0 radical (unpaired) electrons. The van der Waals surface area contributed by atoms with E-state index in [4.69, 9.17) is 15.9 Å². The van der Waals surface area contributed by atoms with E-state index in [1.807, 2.05) is 49.3 Å². The minimum Gasteiger partial charge on any atom is -0.440 e. The van der Waals surface area contributed by atoms with Gasteiger partial charge in [0.25, 0.3) is 5.91 Å². The van der Waals surface area contributed by atoms with Crippen LogP contribution in [0.3, 0.4) is 0 Å². The number of hydrogen-bond donors (Lipinski definition) is 3. The van der Waals surface area contributed by atoms with Crippen molar-refractivity contribution in [1.29, 1.82) is 5.41 Å². The minimum absolute atomic E-state index is 0.0441. The number of hydrogen-bond acceptors (Lipinski definition) is 7. The Morgan fingerprint density at radius 2 is 1.88 bits per heavy atom. The molecule has 174 valence electrons. The van der Waals surface area contributed by atoms with Gasteiger partial charge in [-0.15, -0.1) is 0 Å². The van der Waals surface area contributed by atoms with Crippen molar-refractivity contribution in [3.63, 3.8) is 0 Å². The SMILES string of the molecule is CN(C)C[C@@H](OC(=O)N1CC(C(=N)NC(=O)c2ccccn2)=C(N)C1(C)C)c1ccccc1. The van der Waals surface area contributed by atoms with Gasteiger partial charge in [-0.1, -0.05) is 36.4 Å². The molecular formula is C24H30N6O3. The molecule has 1 aliphatic heterocycles. The van der Waals surface area contributed by atoms with Crippen LogP contribution in [0, 0.1) is 5.41 Å². The number of nitrogens with two attached hydrogens (primary N) is 1. The number of amidine groups is 1. The highest BCUT2D eigenvalue weighted by Gasteiger charge is 2.44. The normalized spacial score (nSPS) is 16.0. The fourth-order valence-electron chi connectivity index (χ4n) is 3.61. The Morgan fingerprint density at radius 1 is 1.21 bits per heavy atom. The van der Waals surface area contributed by atoms with Crippen LogP contribution in [-0.2, 0) is 4.74 Å². The number of pyridine rings is 1. The van der Waals surface area contributed by atoms with E-state index in [1.165, 1.54) is 11.1 Å². The highest BCUT2D eigenvalue weighted by atomic mass is 16.6. The highest BCUT2D eigenvalue weighted by Crippen LogP contribution is 2.33. The van der Waals surface area contributed by atoms with Crippen LogP contribution in [0.5, 0.6) is 0 Å². The number of carbonyl (C=O) groups excluding carboxylic acids is 2. The number of aromatic nitrogens is 1. The second kappa shape index (κ2) is 9.83. The van der Waals surface area contributed by atoms with Gasteiger partial charge in [-0.3, -0.25) is 20.1 Å². The Bertz CT molecular complexity index is 1050. The molecule has 1 atom stereocenters. The summed E-state index contributed by atoms with van der Waals surface area (Å²) < 4.78 is 5.89. The predicted molar refractivity (Wildman–Crippen MR) is 126 cm³/mol. The number of rotatable bonds is 6. The molecule has 0 fully saturated rings. The summed E-state index contributed by atoms with van der Waals surface area (Å²) in [6.07, 6.45) is 0.481. The van der Waals surface area contributed by atoms with Gasteiger partial charge in [-0.25, -0.2) is 4.79 Å². The van der Waals surface area contributed by atoms with Gasteiger partial charge in [0.05, 0.1) is 12.1 Å². The molecule has 0 saturated carbocycles. The van der Waals surface area contributed by atoms with Gasteiger partial charge < -0.3 is 20.7 Å². The number of nitrogens with one attached hydrogen (secondary N) is 2. The number of nitrogens with zero attached hydrogens (tertiary/aromatic N) is 3. The number of likely N-dealkylation sites (N-methyl/N-ethyl adjacent to an activating group) is 1. The lowest BCUT2D eigenvalue weighted by molar-refractivity contribution is 0.0383. The molecule has 0 spiro atoms. The molecule has 2 amide bonds. The first-order chi connectivity index (χ1) is 15.6. The summed E-state index contributed by atoms with van der Waals surface area (Å²) in [7, 11) is 3.82. The third-order valence-electron chi connectivity index (χ3n) is 5.58. The maximum absolute atomic E-state index is 13.2. The van der Waals surface area contributed by atoms with Crippen molar-refractivity contribution in [3.8, 4) is 0 Å². The van der Waals surface area contributed by atoms with E-state index in [9.17, 15) is 9.59 Å². The summed E-state index contributed by atoms with van der Waals surface area (Å²) in [6.45, 7) is 4.13. The summed E-state index contributed by atoms with van der Waals surface area (Å²) in [4.78, 5) is 33.0. The summed E-state index contributed by atoms with van der Waals surface area (Å²) >= 11 is 0. The molecule has 9 heteroatoms. The van der Waals surface area contributed by atoms with Gasteiger partial charge in [0, 0.05) is 24.0 Å². The first-order valence-corrected chi connectivity index (χ1v) is 10.6. The van der Waals surface area contributed by atoms with Gasteiger partial charge in [0.1, 0.15) is 17.6 Å². The smallest absolute Gasteiger partial charge is 0.411 e. The topological polar surface area (TPSA) is 125 Å². The van der Waals surface area contributed by atoms with Crippen molar-refractivity contribution in [2.75, 3.05) is 27.2 Å². The van der Waals surface area contributed by atoms with Crippen LogP contribution in [-0.4, -0.2) is 65.3 Å². The third-order valence-corrected chi connectivity index (χ3v) is 5.58. The minimum atomic E-state index is -0.895. The third kappa shape index (κ3) is 5.38.